The predicted molar refractivity (Wildman–Crippen MR) is 70.0 cm³/mol. The number of amides is 1. The number of hydrogen-bond acceptors (Lipinski definition) is 4. The van der Waals surface area contributed by atoms with E-state index in [0.29, 0.717) is 12.8 Å². The molecule has 1 rings (SSSR count). The molecule has 0 aromatic heterocycles. The Kier molecular flexibility index (Phi) is 4.81. The molecule has 1 aliphatic carbocycles. The minimum absolute atomic E-state index is 0.130. The minimum Gasteiger partial charge on any atom is -0.444 e. The molecule has 0 aromatic rings. The number of hydrogen-bond donors (Lipinski definition) is 1. The van der Waals surface area contributed by atoms with Gasteiger partial charge in [0.2, 0.25) is 0 Å². The van der Waals surface area contributed by atoms with Gasteiger partial charge in [-0.15, -0.1) is 3.89 Å². The molecule has 112 valence electrons. The highest BCUT2D eigenvalue weighted by atomic mass is 32.3. The van der Waals surface area contributed by atoms with E-state index in [1.54, 1.807) is 20.8 Å². The SMILES string of the molecule is CC(C)(C)OC(=O)NCC1(CS(=O)(=O)F)CCCC1. The third-order valence-electron chi connectivity index (χ3n) is 3.15. The van der Waals surface area contributed by atoms with Crippen LogP contribution in [0.25, 0.3) is 0 Å². The molecule has 7 heteroatoms. The van der Waals surface area contributed by atoms with E-state index in [0.717, 1.165) is 12.8 Å². The van der Waals surface area contributed by atoms with Crippen LogP contribution in [0.1, 0.15) is 46.5 Å². The zero-order valence-electron chi connectivity index (χ0n) is 11.7. The monoisotopic (exact) mass is 295 g/mol. The van der Waals surface area contributed by atoms with E-state index in [9.17, 15) is 17.1 Å². The van der Waals surface area contributed by atoms with Gasteiger partial charge in [-0.3, -0.25) is 0 Å². The first-order valence-corrected chi connectivity index (χ1v) is 7.96. The molecule has 1 N–H and O–H groups in total. The molecule has 0 spiro atoms. The number of halogens is 1. The Morgan fingerprint density at radius 1 is 1.32 bits per heavy atom. The van der Waals surface area contributed by atoms with E-state index in [1.165, 1.54) is 0 Å². The molecule has 1 amide bonds. The average molecular weight is 295 g/mol. The molecule has 5 nitrogen and oxygen atoms in total. The van der Waals surface area contributed by atoms with Crippen LogP contribution in [0, 0.1) is 5.41 Å². The lowest BCUT2D eigenvalue weighted by molar-refractivity contribution is 0.0504. The van der Waals surface area contributed by atoms with Gasteiger partial charge in [-0.1, -0.05) is 12.8 Å². The predicted octanol–water partition coefficient (Wildman–Crippen LogP) is 2.37. The van der Waals surface area contributed by atoms with Crippen molar-refractivity contribution in [2.24, 2.45) is 5.41 Å². The second-order valence-corrected chi connectivity index (χ2v) is 7.61. The molecule has 1 aliphatic rings. The maximum Gasteiger partial charge on any atom is 0.407 e. The molecular weight excluding hydrogens is 273 g/mol. The van der Waals surface area contributed by atoms with Gasteiger partial charge < -0.3 is 10.1 Å². The number of rotatable bonds is 4. The zero-order chi connectivity index (χ0) is 14.7. The standard InChI is InChI=1S/C12H22FNO4S/c1-11(2,3)18-10(15)14-8-12(6-4-5-7-12)9-19(13,16)17/h4-9H2,1-3H3,(H,14,15). The Morgan fingerprint density at radius 2 is 1.84 bits per heavy atom. The molecule has 19 heavy (non-hydrogen) atoms. The molecular formula is C12H22FNO4S. The number of alkyl carbamates (subject to hydrolysis) is 1. The fourth-order valence-electron chi connectivity index (χ4n) is 2.44. The highest BCUT2D eigenvalue weighted by Crippen LogP contribution is 2.39. The second-order valence-electron chi connectivity index (χ2n) is 6.25. The molecule has 0 aliphatic heterocycles. The van der Waals surface area contributed by atoms with Gasteiger partial charge in [0.15, 0.2) is 0 Å². The summed E-state index contributed by atoms with van der Waals surface area (Å²) in [6.45, 7) is 5.35. The summed E-state index contributed by atoms with van der Waals surface area (Å²) in [5, 5.41) is 2.55. The molecule has 0 unspecified atom stereocenters. The van der Waals surface area contributed by atoms with Crippen LogP contribution >= 0.6 is 0 Å². The lowest BCUT2D eigenvalue weighted by Gasteiger charge is -2.28. The molecule has 0 atom stereocenters. The van der Waals surface area contributed by atoms with Crippen molar-refractivity contribution < 1.29 is 21.8 Å². The van der Waals surface area contributed by atoms with Gasteiger partial charge in [0.05, 0.1) is 5.75 Å². The van der Waals surface area contributed by atoms with Crippen molar-refractivity contribution in [3.05, 3.63) is 0 Å². The topological polar surface area (TPSA) is 72.5 Å². The Balaban J connectivity index is 2.58. The summed E-state index contributed by atoms with van der Waals surface area (Å²) in [4.78, 5) is 11.5. The Hall–Kier alpha value is -0.850. The Bertz CT molecular complexity index is 422. The highest BCUT2D eigenvalue weighted by Gasteiger charge is 2.39. The third-order valence-corrected chi connectivity index (χ3v) is 4.11. The van der Waals surface area contributed by atoms with Crippen molar-refractivity contribution in [3.63, 3.8) is 0 Å². The van der Waals surface area contributed by atoms with Gasteiger partial charge >= 0.3 is 16.3 Å². The van der Waals surface area contributed by atoms with E-state index in [1.807, 2.05) is 0 Å². The number of nitrogens with one attached hydrogen (secondary N) is 1. The van der Waals surface area contributed by atoms with Crippen LogP contribution in [-0.4, -0.2) is 32.4 Å². The van der Waals surface area contributed by atoms with E-state index >= 15 is 0 Å². The van der Waals surface area contributed by atoms with Crippen molar-refractivity contribution in [1.29, 1.82) is 0 Å². The van der Waals surface area contributed by atoms with Gasteiger partial charge in [0, 0.05) is 12.0 Å². The molecule has 0 aromatic carbocycles. The Morgan fingerprint density at radius 3 is 2.26 bits per heavy atom. The first-order chi connectivity index (χ1) is 8.52. The van der Waals surface area contributed by atoms with Crippen molar-refractivity contribution in [3.8, 4) is 0 Å². The summed E-state index contributed by atoms with van der Waals surface area (Å²) in [7, 11) is -4.54. The fraction of sp³-hybridized carbons (Fsp3) is 0.917. The van der Waals surface area contributed by atoms with Gasteiger partial charge in [0.25, 0.3) is 0 Å². The second kappa shape index (κ2) is 5.64. The van der Waals surface area contributed by atoms with Gasteiger partial charge in [-0.05, 0) is 33.6 Å². The molecule has 0 bridgehead atoms. The normalized spacial score (nSPS) is 19.2. The van der Waals surface area contributed by atoms with E-state index in [4.69, 9.17) is 4.74 Å². The summed E-state index contributed by atoms with van der Waals surface area (Å²) < 4.78 is 39.7. The third kappa shape index (κ3) is 6.22. The van der Waals surface area contributed by atoms with Crippen LogP contribution in [0.2, 0.25) is 0 Å². The van der Waals surface area contributed by atoms with Crippen molar-refractivity contribution in [2.75, 3.05) is 12.3 Å². The summed E-state index contributed by atoms with van der Waals surface area (Å²) in [6, 6.07) is 0. The quantitative estimate of drug-likeness (QED) is 0.808. The van der Waals surface area contributed by atoms with Crippen molar-refractivity contribution in [2.45, 2.75) is 52.1 Å². The van der Waals surface area contributed by atoms with Crippen LogP contribution in [0.4, 0.5) is 8.68 Å². The maximum atomic E-state index is 12.9. The number of carbonyl (C=O) groups is 1. The van der Waals surface area contributed by atoms with Crippen LogP contribution in [-0.2, 0) is 15.0 Å². The average Bonchev–Trinajstić information content (AvgIpc) is 2.58. The fourth-order valence-corrected chi connectivity index (χ4v) is 3.56. The zero-order valence-corrected chi connectivity index (χ0v) is 12.5. The molecule has 0 radical (unpaired) electrons. The number of carbonyl (C=O) groups excluding carboxylic acids is 1. The minimum atomic E-state index is -4.54. The van der Waals surface area contributed by atoms with E-state index in [2.05, 4.69) is 5.32 Å². The lowest BCUT2D eigenvalue weighted by atomic mass is 9.88. The molecule has 0 heterocycles. The first kappa shape index (κ1) is 16.2. The molecule has 0 saturated heterocycles. The van der Waals surface area contributed by atoms with Crippen LogP contribution in [0.5, 0.6) is 0 Å². The van der Waals surface area contributed by atoms with Crippen LogP contribution in [0.3, 0.4) is 0 Å². The lowest BCUT2D eigenvalue weighted by Crippen LogP contribution is -2.41. The van der Waals surface area contributed by atoms with E-state index in [-0.39, 0.29) is 6.54 Å². The summed E-state index contributed by atoms with van der Waals surface area (Å²) in [5.74, 6) is -0.532. The summed E-state index contributed by atoms with van der Waals surface area (Å²) >= 11 is 0. The smallest absolute Gasteiger partial charge is 0.407 e. The highest BCUT2D eigenvalue weighted by molar-refractivity contribution is 7.86. The Labute approximate surface area is 114 Å². The van der Waals surface area contributed by atoms with Crippen LogP contribution in [0.15, 0.2) is 0 Å². The maximum absolute atomic E-state index is 12.9. The van der Waals surface area contributed by atoms with Gasteiger partial charge in [-0.2, -0.15) is 8.42 Å². The van der Waals surface area contributed by atoms with Crippen molar-refractivity contribution >= 4 is 16.3 Å². The molecule has 1 fully saturated rings. The van der Waals surface area contributed by atoms with Gasteiger partial charge in [-0.25, -0.2) is 4.79 Å². The largest absolute Gasteiger partial charge is 0.444 e. The van der Waals surface area contributed by atoms with E-state index < -0.39 is 33.1 Å². The van der Waals surface area contributed by atoms with Crippen LogP contribution < -0.4 is 5.32 Å². The van der Waals surface area contributed by atoms with Crippen molar-refractivity contribution in [1.82, 2.24) is 5.32 Å². The summed E-state index contributed by atoms with van der Waals surface area (Å²) in [6.07, 6.45) is 2.31. The molecule has 1 saturated carbocycles. The first-order valence-electron chi connectivity index (χ1n) is 6.41. The summed E-state index contributed by atoms with van der Waals surface area (Å²) in [5.41, 5.74) is -1.30. The van der Waals surface area contributed by atoms with Gasteiger partial charge in [0.1, 0.15) is 5.60 Å². The number of ether oxygens (including phenoxy) is 1.